The molecule has 1 fully saturated rings. The van der Waals surface area contributed by atoms with Crippen LogP contribution in [0.15, 0.2) is 41.8 Å². The van der Waals surface area contributed by atoms with Gasteiger partial charge in [-0.2, -0.15) is 0 Å². The lowest BCUT2D eigenvalue weighted by Crippen LogP contribution is -2.41. The monoisotopic (exact) mass is 358 g/mol. The minimum Gasteiger partial charge on any atom is -0.496 e. The number of amides is 1. The third-order valence-corrected chi connectivity index (χ3v) is 5.49. The Bertz CT molecular complexity index is 683. The van der Waals surface area contributed by atoms with Crippen molar-refractivity contribution in [3.05, 3.63) is 52.2 Å². The molecule has 0 spiro atoms. The van der Waals surface area contributed by atoms with Crippen LogP contribution in [0.3, 0.4) is 0 Å². The second-order valence-corrected chi connectivity index (χ2v) is 7.76. The minimum atomic E-state index is 0.103. The summed E-state index contributed by atoms with van der Waals surface area (Å²) in [7, 11) is 1.69. The first-order valence-electron chi connectivity index (χ1n) is 8.81. The van der Waals surface area contributed by atoms with E-state index < -0.39 is 0 Å². The summed E-state index contributed by atoms with van der Waals surface area (Å²) in [6, 6.07) is 12.5. The number of ether oxygens (including phenoxy) is 1. The molecule has 5 heteroatoms. The van der Waals surface area contributed by atoms with Crippen LogP contribution >= 0.6 is 11.3 Å². The van der Waals surface area contributed by atoms with Gasteiger partial charge >= 0.3 is 0 Å². The summed E-state index contributed by atoms with van der Waals surface area (Å²) in [4.78, 5) is 15.9. The van der Waals surface area contributed by atoms with Gasteiger partial charge in [-0.1, -0.05) is 24.3 Å². The number of methoxy groups -OCH3 is 1. The van der Waals surface area contributed by atoms with Crippen LogP contribution in [-0.2, 0) is 17.9 Å². The Balaban J connectivity index is 1.66. The fraction of sp³-hybridized carbons (Fsp3) is 0.450. The van der Waals surface area contributed by atoms with Crippen LogP contribution in [0.1, 0.15) is 30.2 Å². The molecule has 1 atom stereocenters. The summed E-state index contributed by atoms with van der Waals surface area (Å²) >= 11 is 1.72. The topological polar surface area (TPSA) is 41.6 Å². The van der Waals surface area contributed by atoms with E-state index in [1.807, 2.05) is 18.2 Å². The first-order chi connectivity index (χ1) is 12.2. The summed E-state index contributed by atoms with van der Waals surface area (Å²) in [5.74, 6) is 1.64. The number of hydrogen-bond acceptors (Lipinski definition) is 4. The third-order valence-electron chi connectivity index (χ3n) is 4.63. The molecule has 1 aliphatic carbocycles. The summed E-state index contributed by atoms with van der Waals surface area (Å²) in [6.45, 7) is 3.96. The molecule has 1 heterocycles. The van der Waals surface area contributed by atoms with E-state index in [1.165, 1.54) is 17.7 Å². The van der Waals surface area contributed by atoms with Crippen LogP contribution < -0.4 is 10.1 Å². The molecular weight excluding hydrogens is 332 g/mol. The maximum atomic E-state index is 12.5. The molecule has 1 aliphatic rings. The Morgan fingerprint density at radius 3 is 2.76 bits per heavy atom. The van der Waals surface area contributed by atoms with Crippen molar-refractivity contribution in [3.8, 4) is 5.75 Å². The van der Waals surface area contributed by atoms with E-state index in [0.29, 0.717) is 19.0 Å². The van der Waals surface area contributed by atoms with Crippen molar-refractivity contribution >= 4 is 17.2 Å². The van der Waals surface area contributed by atoms with Crippen molar-refractivity contribution in [2.24, 2.45) is 5.92 Å². The molecule has 0 aliphatic heterocycles. The summed E-state index contributed by atoms with van der Waals surface area (Å²) < 4.78 is 5.47. The molecule has 2 aromatic rings. The van der Waals surface area contributed by atoms with E-state index in [0.717, 1.165) is 17.9 Å². The van der Waals surface area contributed by atoms with Gasteiger partial charge in [0, 0.05) is 29.6 Å². The number of benzene rings is 1. The van der Waals surface area contributed by atoms with Gasteiger partial charge in [0.15, 0.2) is 0 Å². The summed E-state index contributed by atoms with van der Waals surface area (Å²) in [5, 5.41) is 5.23. The fourth-order valence-corrected chi connectivity index (χ4v) is 3.83. The lowest BCUT2D eigenvalue weighted by molar-refractivity contribution is -0.123. The molecule has 1 unspecified atom stereocenters. The molecule has 1 aromatic heterocycles. The number of nitrogens with zero attached hydrogens (tertiary/aromatic N) is 1. The molecular formula is C20H26N2O2S. The Morgan fingerprint density at radius 2 is 2.08 bits per heavy atom. The predicted octanol–water partition coefficient (Wildman–Crippen LogP) is 3.67. The molecule has 25 heavy (non-hydrogen) atoms. The lowest BCUT2D eigenvalue weighted by Gasteiger charge is -2.23. The van der Waals surface area contributed by atoms with Crippen molar-refractivity contribution in [3.63, 3.8) is 0 Å². The highest BCUT2D eigenvalue weighted by molar-refractivity contribution is 7.09. The number of nitrogens with one attached hydrogen (secondary N) is 1. The largest absolute Gasteiger partial charge is 0.496 e. The first kappa shape index (κ1) is 18.0. The molecule has 1 N–H and O–H groups in total. The molecule has 0 radical (unpaired) electrons. The third kappa shape index (κ3) is 5.31. The van der Waals surface area contributed by atoms with E-state index in [-0.39, 0.29) is 11.9 Å². The van der Waals surface area contributed by atoms with Crippen molar-refractivity contribution in [1.82, 2.24) is 10.2 Å². The van der Waals surface area contributed by atoms with Gasteiger partial charge in [-0.3, -0.25) is 9.69 Å². The quantitative estimate of drug-likeness (QED) is 0.743. The number of hydrogen-bond donors (Lipinski definition) is 1. The highest BCUT2D eigenvalue weighted by Gasteiger charge is 2.29. The van der Waals surface area contributed by atoms with Crippen molar-refractivity contribution in [2.75, 3.05) is 13.7 Å². The Morgan fingerprint density at radius 1 is 1.28 bits per heavy atom. The summed E-state index contributed by atoms with van der Waals surface area (Å²) in [5.41, 5.74) is 1.10. The Hall–Kier alpha value is -1.85. The first-order valence-corrected chi connectivity index (χ1v) is 9.69. The molecule has 1 saturated carbocycles. The Kier molecular flexibility index (Phi) is 6.10. The van der Waals surface area contributed by atoms with Crippen molar-refractivity contribution in [1.29, 1.82) is 0 Å². The lowest BCUT2D eigenvalue weighted by atomic mass is 10.1. The second kappa shape index (κ2) is 8.50. The van der Waals surface area contributed by atoms with Gasteiger partial charge in [0.2, 0.25) is 5.91 Å². The second-order valence-electron chi connectivity index (χ2n) is 6.73. The van der Waals surface area contributed by atoms with Gasteiger partial charge in [-0.25, -0.2) is 0 Å². The van der Waals surface area contributed by atoms with E-state index in [9.17, 15) is 4.79 Å². The van der Waals surface area contributed by atoms with Crippen molar-refractivity contribution < 1.29 is 9.53 Å². The normalized spacial score (nSPS) is 15.2. The summed E-state index contributed by atoms with van der Waals surface area (Å²) in [6.07, 6.45) is 2.48. The number of carbonyl (C=O) groups excluding carboxylic acids is 1. The molecule has 4 nitrogen and oxygen atoms in total. The molecule has 3 rings (SSSR count). The van der Waals surface area contributed by atoms with Crippen LogP contribution in [0.2, 0.25) is 0 Å². The molecule has 1 aromatic carbocycles. The fourth-order valence-electron chi connectivity index (χ4n) is 3.08. The number of rotatable bonds is 9. The zero-order valence-corrected chi connectivity index (χ0v) is 15.7. The molecule has 1 amide bonds. The van der Waals surface area contributed by atoms with E-state index >= 15 is 0 Å². The smallest absolute Gasteiger partial charge is 0.234 e. The average Bonchev–Trinajstić information content (AvgIpc) is 3.33. The van der Waals surface area contributed by atoms with E-state index in [1.54, 1.807) is 18.4 Å². The molecule has 0 bridgehead atoms. The van der Waals surface area contributed by atoms with Crippen molar-refractivity contribution in [2.45, 2.75) is 38.9 Å². The van der Waals surface area contributed by atoms with Crippen LogP contribution in [0.5, 0.6) is 5.75 Å². The zero-order valence-electron chi connectivity index (χ0n) is 14.9. The van der Waals surface area contributed by atoms with Gasteiger partial charge in [0.1, 0.15) is 5.75 Å². The van der Waals surface area contributed by atoms with Crippen LogP contribution in [-0.4, -0.2) is 30.5 Å². The number of carbonyl (C=O) groups is 1. The standard InChI is InChI=1S/C20H26N2O2S/c1-15(16-9-10-16)21-20(23)14-22(13-18-7-5-11-25-18)12-17-6-3-4-8-19(17)24-2/h3-8,11,15-16H,9-10,12-14H2,1-2H3,(H,21,23). The maximum absolute atomic E-state index is 12.5. The Labute approximate surface area is 153 Å². The SMILES string of the molecule is COc1ccccc1CN(CC(=O)NC(C)C1CC1)Cc1cccs1. The van der Waals surface area contributed by atoms with Gasteiger partial charge < -0.3 is 10.1 Å². The number of thiophene rings is 1. The van der Waals surface area contributed by atoms with Crippen LogP contribution in [0, 0.1) is 5.92 Å². The zero-order chi connectivity index (χ0) is 17.6. The van der Waals surface area contributed by atoms with Gasteiger partial charge in [0.05, 0.1) is 13.7 Å². The maximum Gasteiger partial charge on any atom is 0.234 e. The highest BCUT2D eigenvalue weighted by Crippen LogP contribution is 2.32. The van der Waals surface area contributed by atoms with E-state index in [4.69, 9.17) is 4.74 Å². The van der Waals surface area contributed by atoms with Gasteiger partial charge in [-0.05, 0) is 43.2 Å². The highest BCUT2D eigenvalue weighted by atomic mass is 32.1. The minimum absolute atomic E-state index is 0.103. The van der Waals surface area contributed by atoms with Gasteiger partial charge in [-0.15, -0.1) is 11.3 Å². The van der Waals surface area contributed by atoms with Gasteiger partial charge in [0.25, 0.3) is 0 Å². The predicted molar refractivity (Wildman–Crippen MR) is 102 cm³/mol. The van der Waals surface area contributed by atoms with Crippen LogP contribution in [0.4, 0.5) is 0 Å². The number of para-hydroxylation sites is 1. The molecule has 134 valence electrons. The average molecular weight is 359 g/mol. The molecule has 0 saturated heterocycles. The van der Waals surface area contributed by atoms with E-state index in [2.05, 4.69) is 40.7 Å². The van der Waals surface area contributed by atoms with Crippen LogP contribution in [0.25, 0.3) is 0 Å².